The minimum atomic E-state index is -0.932. The molecule has 0 radical (unpaired) electrons. The van der Waals surface area contributed by atoms with Crippen LogP contribution in [-0.4, -0.2) is 19.3 Å². The standard InChI is InChI=1S/C15H16BrNO3/c1-19-12-4-3-5-13(20-2)14(12)15(18)10-8-9(16)6-7-11(10)17/h3-8,15,18H,17H2,1-2H3. The molecule has 20 heavy (non-hydrogen) atoms. The lowest BCUT2D eigenvalue weighted by Gasteiger charge is -2.19. The first-order valence-corrected chi connectivity index (χ1v) is 6.81. The van der Waals surface area contributed by atoms with Gasteiger partial charge in [-0.2, -0.15) is 0 Å². The monoisotopic (exact) mass is 337 g/mol. The highest BCUT2D eigenvalue weighted by atomic mass is 79.9. The van der Waals surface area contributed by atoms with Gasteiger partial charge in [-0.1, -0.05) is 22.0 Å². The van der Waals surface area contributed by atoms with E-state index in [1.54, 1.807) is 44.6 Å². The van der Waals surface area contributed by atoms with Crippen LogP contribution in [0.3, 0.4) is 0 Å². The number of hydrogen-bond acceptors (Lipinski definition) is 4. The van der Waals surface area contributed by atoms with Crippen LogP contribution in [-0.2, 0) is 0 Å². The molecule has 5 heteroatoms. The van der Waals surface area contributed by atoms with Gasteiger partial charge in [0.15, 0.2) is 0 Å². The lowest BCUT2D eigenvalue weighted by Crippen LogP contribution is -2.07. The zero-order chi connectivity index (χ0) is 14.7. The van der Waals surface area contributed by atoms with Gasteiger partial charge >= 0.3 is 0 Å². The molecule has 0 fully saturated rings. The summed E-state index contributed by atoms with van der Waals surface area (Å²) in [5, 5.41) is 10.7. The normalized spacial score (nSPS) is 12.0. The van der Waals surface area contributed by atoms with Gasteiger partial charge in [0.1, 0.15) is 17.6 Å². The van der Waals surface area contributed by atoms with Crippen molar-refractivity contribution in [3.8, 4) is 11.5 Å². The molecule has 0 aliphatic heterocycles. The SMILES string of the molecule is COc1cccc(OC)c1C(O)c1cc(Br)ccc1N. The maximum atomic E-state index is 10.7. The molecule has 2 rings (SSSR count). The molecule has 2 aromatic carbocycles. The summed E-state index contributed by atoms with van der Waals surface area (Å²) in [6.45, 7) is 0. The van der Waals surface area contributed by atoms with Gasteiger partial charge in [0.25, 0.3) is 0 Å². The van der Waals surface area contributed by atoms with E-state index in [4.69, 9.17) is 15.2 Å². The summed E-state index contributed by atoms with van der Waals surface area (Å²) in [7, 11) is 3.10. The highest BCUT2D eigenvalue weighted by molar-refractivity contribution is 9.10. The van der Waals surface area contributed by atoms with Crippen LogP contribution in [0, 0.1) is 0 Å². The quantitative estimate of drug-likeness (QED) is 0.841. The van der Waals surface area contributed by atoms with Crippen LogP contribution in [0.4, 0.5) is 5.69 Å². The molecule has 0 saturated heterocycles. The molecule has 3 N–H and O–H groups in total. The minimum absolute atomic E-state index is 0.508. The Morgan fingerprint density at radius 2 is 1.70 bits per heavy atom. The molecule has 0 saturated carbocycles. The number of halogens is 1. The van der Waals surface area contributed by atoms with E-state index in [0.29, 0.717) is 28.3 Å². The van der Waals surface area contributed by atoms with Gasteiger partial charge in [0.05, 0.1) is 19.8 Å². The van der Waals surface area contributed by atoms with Gasteiger partial charge < -0.3 is 20.3 Å². The van der Waals surface area contributed by atoms with E-state index in [1.165, 1.54) is 0 Å². The molecule has 0 spiro atoms. The Balaban J connectivity index is 2.58. The lowest BCUT2D eigenvalue weighted by molar-refractivity contribution is 0.209. The summed E-state index contributed by atoms with van der Waals surface area (Å²) in [5.74, 6) is 1.10. The molecule has 1 unspecified atom stereocenters. The van der Waals surface area contributed by atoms with Gasteiger partial charge in [-0.15, -0.1) is 0 Å². The van der Waals surface area contributed by atoms with E-state index in [1.807, 2.05) is 6.07 Å². The van der Waals surface area contributed by atoms with E-state index >= 15 is 0 Å². The summed E-state index contributed by atoms with van der Waals surface area (Å²) in [4.78, 5) is 0. The topological polar surface area (TPSA) is 64.7 Å². The molecular weight excluding hydrogens is 322 g/mol. The van der Waals surface area contributed by atoms with Gasteiger partial charge in [-0.05, 0) is 30.3 Å². The van der Waals surface area contributed by atoms with Crippen molar-refractivity contribution < 1.29 is 14.6 Å². The molecule has 0 amide bonds. The van der Waals surface area contributed by atoms with E-state index in [0.717, 1.165) is 4.47 Å². The maximum absolute atomic E-state index is 10.7. The van der Waals surface area contributed by atoms with Crippen LogP contribution in [0.15, 0.2) is 40.9 Å². The Hall–Kier alpha value is -1.72. The first-order valence-electron chi connectivity index (χ1n) is 6.02. The Labute approximate surface area is 126 Å². The molecular formula is C15H16BrNO3. The fourth-order valence-electron chi connectivity index (χ4n) is 2.09. The highest BCUT2D eigenvalue weighted by Crippen LogP contribution is 2.39. The van der Waals surface area contributed by atoms with Gasteiger partial charge in [0.2, 0.25) is 0 Å². The van der Waals surface area contributed by atoms with Crippen molar-refractivity contribution in [2.45, 2.75) is 6.10 Å². The lowest BCUT2D eigenvalue weighted by atomic mass is 9.98. The van der Waals surface area contributed by atoms with Crippen molar-refractivity contribution in [3.63, 3.8) is 0 Å². The number of anilines is 1. The molecule has 4 nitrogen and oxygen atoms in total. The van der Waals surface area contributed by atoms with Crippen molar-refractivity contribution in [1.82, 2.24) is 0 Å². The van der Waals surface area contributed by atoms with Crippen LogP contribution in [0.5, 0.6) is 11.5 Å². The predicted molar refractivity (Wildman–Crippen MR) is 82.2 cm³/mol. The van der Waals surface area contributed by atoms with E-state index < -0.39 is 6.10 Å². The molecule has 2 aromatic rings. The summed E-state index contributed by atoms with van der Waals surface area (Å²) in [6, 6.07) is 10.7. The zero-order valence-corrected chi connectivity index (χ0v) is 12.8. The second-order valence-electron chi connectivity index (χ2n) is 4.25. The first kappa shape index (κ1) is 14.7. The Kier molecular flexibility index (Phi) is 4.52. The summed E-state index contributed by atoms with van der Waals surface area (Å²) in [5.41, 5.74) is 7.61. The highest BCUT2D eigenvalue weighted by Gasteiger charge is 2.22. The maximum Gasteiger partial charge on any atom is 0.128 e. The number of methoxy groups -OCH3 is 2. The van der Waals surface area contributed by atoms with E-state index in [9.17, 15) is 5.11 Å². The average molecular weight is 338 g/mol. The molecule has 0 aliphatic rings. The minimum Gasteiger partial charge on any atom is -0.496 e. The molecule has 1 atom stereocenters. The molecule has 0 bridgehead atoms. The fourth-order valence-corrected chi connectivity index (χ4v) is 2.47. The Morgan fingerprint density at radius 3 is 2.25 bits per heavy atom. The number of benzene rings is 2. The van der Waals surface area contributed by atoms with Crippen molar-refractivity contribution in [2.75, 3.05) is 20.0 Å². The molecule has 106 valence electrons. The summed E-state index contributed by atoms with van der Waals surface area (Å²) >= 11 is 3.38. The van der Waals surface area contributed by atoms with Gasteiger partial charge in [-0.25, -0.2) is 0 Å². The van der Waals surface area contributed by atoms with Gasteiger partial charge in [0, 0.05) is 15.7 Å². The third-order valence-electron chi connectivity index (χ3n) is 3.08. The third-order valence-corrected chi connectivity index (χ3v) is 3.58. The number of ether oxygens (including phenoxy) is 2. The fraction of sp³-hybridized carbons (Fsp3) is 0.200. The number of nitrogens with two attached hydrogens (primary N) is 1. The number of aliphatic hydroxyl groups excluding tert-OH is 1. The van der Waals surface area contributed by atoms with Crippen molar-refractivity contribution in [3.05, 3.63) is 52.0 Å². The summed E-state index contributed by atoms with van der Waals surface area (Å²) < 4.78 is 11.5. The smallest absolute Gasteiger partial charge is 0.128 e. The van der Waals surface area contributed by atoms with Crippen molar-refractivity contribution in [2.24, 2.45) is 0 Å². The number of nitrogen functional groups attached to an aromatic ring is 1. The van der Waals surface area contributed by atoms with Crippen molar-refractivity contribution >= 4 is 21.6 Å². The molecule has 0 heterocycles. The Morgan fingerprint density at radius 1 is 1.10 bits per heavy atom. The number of aliphatic hydroxyl groups is 1. The first-order chi connectivity index (χ1) is 9.58. The van der Waals surface area contributed by atoms with E-state index in [2.05, 4.69) is 15.9 Å². The largest absolute Gasteiger partial charge is 0.496 e. The average Bonchev–Trinajstić information content (AvgIpc) is 2.48. The summed E-state index contributed by atoms with van der Waals surface area (Å²) in [6.07, 6.45) is -0.932. The molecule has 0 aromatic heterocycles. The zero-order valence-electron chi connectivity index (χ0n) is 11.3. The van der Waals surface area contributed by atoms with Crippen LogP contribution < -0.4 is 15.2 Å². The van der Waals surface area contributed by atoms with Crippen LogP contribution in [0.25, 0.3) is 0 Å². The molecule has 0 aliphatic carbocycles. The van der Waals surface area contributed by atoms with Crippen LogP contribution >= 0.6 is 15.9 Å². The second kappa shape index (κ2) is 6.15. The number of rotatable bonds is 4. The third kappa shape index (κ3) is 2.73. The second-order valence-corrected chi connectivity index (χ2v) is 5.17. The van der Waals surface area contributed by atoms with E-state index in [-0.39, 0.29) is 0 Å². The van der Waals surface area contributed by atoms with Gasteiger partial charge in [-0.3, -0.25) is 0 Å². The van der Waals surface area contributed by atoms with Crippen LogP contribution in [0.2, 0.25) is 0 Å². The Bertz CT molecular complexity index is 594. The van der Waals surface area contributed by atoms with Crippen molar-refractivity contribution in [1.29, 1.82) is 0 Å². The number of hydrogen-bond donors (Lipinski definition) is 2. The predicted octanol–water partition coefficient (Wildman–Crippen LogP) is 3.13. The van der Waals surface area contributed by atoms with Crippen LogP contribution in [0.1, 0.15) is 17.2 Å².